The first-order valence-electron chi connectivity index (χ1n) is 7.73. The highest BCUT2D eigenvalue weighted by Crippen LogP contribution is 2.19. The predicted molar refractivity (Wildman–Crippen MR) is 92.0 cm³/mol. The lowest BCUT2D eigenvalue weighted by atomic mass is 10.1. The lowest BCUT2D eigenvalue weighted by Gasteiger charge is -2.02. The summed E-state index contributed by atoms with van der Waals surface area (Å²) in [6.07, 6.45) is 3.42. The van der Waals surface area contributed by atoms with Crippen LogP contribution in [0.1, 0.15) is 15.9 Å². The molecule has 25 heavy (non-hydrogen) atoms. The molecule has 0 spiro atoms. The van der Waals surface area contributed by atoms with Crippen LogP contribution >= 0.6 is 0 Å². The number of nitro benzene ring substituents is 1. The van der Waals surface area contributed by atoms with Crippen LogP contribution in [0.4, 0.5) is 5.69 Å². The largest absolute Gasteiger partial charge is 0.290 e. The number of benzene rings is 2. The Balaban J connectivity index is 1.74. The number of ketones is 1. The summed E-state index contributed by atoms with van der Waals surface area (Å²) in [4.78, 5) is 26.9. The Morgan fingerprint density at radius 1 is 1.12 bits per heavy atom. The quantitative estimate of drug-likeness (QED) is 0.311. The van der Waals surface area contributed by atoms with E-state index in [0.29, 0.717) is 5.56 Å². The van der Waals surface area contributed by atoms with E-state index in [4.69, 9.17) is 0 Å². The van der Waals surface area contributed by atoms with Crippen LogP contribution in [0.25, 0.3) is 11.3 Å². The maximum atomic E-state index is 12.3. The first-order valence-corrected chi connectivity index (χ1v) is 7.73. The fourth-order valence-electron chi connectivity index (χ4n) is 2.52. The van der Waals surface area contributed by atoms with Gasteiger partial charge in [0.05, 0.1) is 11.1 Å². The van der Waals surface area contributed by atoms with E-state index < -0.39 is 4.92 Å². The summed E-state index contributed by atoms with van der Waals surface area (Å²) < 4.78 is 1.69. The second-order valence-electron chi connectivity index (χ2n) is 5.66. The molecular weight excluding hydrogens is 318 g/mol. The van der Waals surface area contributed by atoms with E-state index in [1.165, 1.54) is 24.3 Å². The van der Waals surface area contributed by atoms with Crippen molar-refractivity contribution >= 4 is 11.5 Å². The maximum Gasteiger partial charge on any atom is 0.287 e. The summed E-state index contributed by atoms with van der Waals surface area (Å²) >= 11 is 0. The zero-order valence-corrected chi connectivity index (χ0v) is 13.6. The Morgan fingerprint density at radius 3 is 2.44 bits per heavy atom. The van der Waals surface area contributed by atoms with Gasteiger partial charge in [-0.3, -0.25) is 14.9 Å². The number of rotatable bonds is 5. The molecule has 0 fully saturated rings. The summed E-state index contributed by atoms with van der Waals surface area (Å²) in [7, 11) is 0. The van der Waals surface area contributed by atoms with Crippen LogP contribution in [-0.2, 0) is 6.54 Å². The molecule has 1 aromatic heterocycles. The average molecular weight is 334 g/mol. The highest BCUT2D eigenvalue weighted by molar-refractivity contribution is 5.95. The lowest BCUT2D eigenvalue weighted by molar-refractivity contribution is -0.686. The summed E-state index contributed by atoms with van der Waals surface area (Å²) in [5.41, 5.74) is 3.43. The van der Waals surface area contributed by atoms with E-state index in [-0.39, 0.29) is 18.0 Å². The molecule has 2 aromatic carbocycles. The molecule has 0 amide bonds. The van der Waals surface area contributed by atoms with Crippen molar-refractivity contribution in [2.24, 2.45) is 0 Å². The van der Waals surface area contributed by atoms with Gasteiger partial charge in [0, 0.05) is 29.3 Å². The van der Waals surface area contributed by atoms with Crippen molar-refractivity contribution in [3.05, 3.63) is 88.4 Å². The molecule has 0 saturated heterocycles. The van der Waals surface area contributed by atoms with Gasteiger partial charge in [0.15, 0.2) is 12.2 Å². The zero-order chi connectivity index (χ0) is 17.8. The molecule has 0 radical (unpaired) electrons. The molecule has 0 atom stereocenters. The molecule has 0 N–H and O–H groups in total. The van der Waals surface area contributed by atoms with Crippen molar-refractivity contribution in [3.63, 3.8) is 0 Å². The van der Waals surface area contributed by atoms with Gasteiger partial charge in [0.2, 0.25) is 5.78 Å². The number of Topliss-reactive ketones (excluding diaryl/α,β-unsaturated/α-hetero) is 1. The van der Waals surface area contributed by atoms with E-state index in [9.17, 15) is 14.9 Å². The Kier molecular flexibility index (Phi) is 4.61. The van der Waals surface area contributed by atoms with Crippen LogP contribution in [-0.4, -0.2) is 15.7 Å². The molecule has 0 aliphatic carbocycles. The third-order valence-corrected chi connectivity index (χ3v) is 3.92. The van der Waals surface area contributed by atoms with Crippen LogP contribution in [0.3, 0.4) is 0 Å². The van der Waals surface area contributed by atoms with Crippen molar-refractivity contribution in [2.45, 2.75) is 13.5 Å². The van der Waals surface area contributed by atoms with Crippen LogP contribution < -0.4 is 4.57 Å². The van der Waals surface area contributed by atoms with Gasteiger partial charge in [-0.05, 0) is 29.6 Å². The normalized spacial score (nSPS) is 10.4. The smallest absolute Gasteiger partial charge is 0.287 e. The molecule has 0 unspecified atom stereocenters. The first kappa shape index (κ1) is 16.4. The van der Waals surface area contributed by atoms with Crippen molar-refractivity contribution in [1.29, 1.82) is 0 Å². The molecule has 3 rings (SSSR count). The minimum Gasteiger partial charge on any atom is -0.290 e. The number of aryl methyl sites for hydroxylation is 1. The number of aromatic nitrogens is 2. The van der Waals surface area contributed by atoms with Gasteiger partial charge in [-0.2, -0.15) is 0 Å². The molecule has 0 aliphatic heterocycles. The molecule has 3 aromatic rings. The first-order chi connectivity index (χ1) is 12.0. The highest BCUT2D eigenvalue weighted by Gasteiger charge is 2.14. The third kappa shape index (κ3) is 3.74. The van der Waals surface area contributed by atoms with Gasteiger partial charge >= 0.3 is 0 Å². The number of hydrogen-bond acceptors (Lipinski definition) is 4. The van der Waals surface area contributed by atoms with Crippen molar-refractivity contribution in [1.82, 2.24) is 4.98 Å². The van der Waals surface area contributed by atoms with Gasteiger partial charge in [0.1, 0.15) is 0 Å². The monoisotopic (exact) mass is 334 g/mol. The highest BCUT2D eigenvalue weighted by atomic mass is 16.6. The summed E-state index contributed by atoms with van der Waals surface area (Å²) in [5, 5.41) is 10.7. The van der Waals surface area contributed by atoms with E-state index in [1.807, 2.05) is 37.3 Å². The predicted octanol–water partition coefficient (Wildman–Crippen LogP) is 3.14. The van der Waals surface area contributed by atoms with Gasteiger partial charge in [-0.1, -0.05) is 24.3 Å². The number of non-ortho nitro benzene ring substituents is 1. The number of nitro groups is 1. The Hall–Kier alpha value is -3.41. The van der Waals surface area contributed by atoms with Crippen molar-refractivity contribution in [3.8, 4) is 11.3 Å². The van der Waals surface area contributed by atoms with Crippen LogP contribution in [0.5, 0.6) is 0 Å². The van der Waals surface area contributed by atoms with Gasteiger partial charge in [0.25, 0.3) is 12.0 Å². The Bertz CT molecular complexity index is 919. The van der Waals surface area contributed by atoms with E-state index >= 15 is 0 Å². The second kappa shape index (κ2) is 7.00. The van der Waals surface area contributed by atoms with E-state index in [2.05, 4.69) is 4.98 Å². The van der Waals surface area contributed by atoms with Gasteiger partial charge < -0.3 is 0 Å². The molecule has 1 heterocycles. The minimum atomic E-state index is -0.489. The van der Waals surface area contributed by atoms with Crippen molar-refractivity contribution < 1.29 is 14.3 Å². The molecule has 6 heteroatoms. The number of carbonyl (C=O) groups excluding carboxylic acids is 1. The standard InChI is InChI=1S/C19H16N3O3/c1-14-4-2-3-5-17(14)18-10-11-21(13-20-18)12-19(23)15-6-8-16(9-7-15)22(24)25/h2-11,13H,12H2,1H3/q+1. The third-order valence-electron chi connectivity index (χ3n) is 3.92. The van der Waals surface area contributed by atoms with Crippen LogP contribution in [0.2, 0.25) is 0 Å². The van der Waals surface area contributed by atoms with E-state index in [0.717, 1.165) is 16.8 Å². The molecule has 0 aliphatic rings. The number of carbonyl (C=O) groups is 1. The molecule has 6 nitrogen and oxygen atoms in total. The van der Waals surface area contributed by atoms with Crippen LogP contribution in [0.15, 0.2) is 67.1 Å². The van der Waals surface area contributed by atoms with Gasteiger partial charge in [-0.25, -0.2) is 4.57 Å². The SMILES string of the molecule is Cc1ccccc1-c1cc[n+](CC(=O)c2ccc([N+](=O)[O-])cc2)cn1. The second-order valence-corrected chi connectivity index (χ2v) is 5.66. The average Bonchev–Trinajstić information content (AvgIpc) is 2.63. The van der Waals surface area contributed by atoms with E-state index in [1.54, 1.807) is 17.1 Å². The fraction of sp³-hybridized carbons (Fsp3) is 0.105. The topological polar surface area (TPSA) is 77.0 Å². The molecular formula is C19H16N3O3+. The van der Waals surface area contributed by atoms with Crippen LogP contribution in [0, 0.1) is 17.0 Å². The summed E-state index contributed by atoms with van der Waals surface area (Å²) in [5.74, 6) is -0.134. The molecule has 0 bridgehead atoms. The Labute approximate surface area is 144 Å². The summed E-state index contributed by atoms with van der Waals surface area (Å²) in [6.45, 7) is 2.15. The van der Waals surface area contributed by atoms with Gasteiger partial charge in [-0.15, -0.1) is 0 Å². The Morgan fingerprint density at radius 2 is 1.84 bits per heavy atom. The number of hydrogen-bond donors (Lipinski definition) is 0. The minimum absolute atomic E-state index is 0.0338. The fourth-order valence-corrected chi connectivity index (χ4v) is 2.52. The maximum absolute atomic E-state index is 12.3. The number of nitrogens with zero attached hydrogens (tertiary/aromatic N) is 3. The molecule has 124 valence electrons. The van der Waals surface area contributed by atoms with Crippen molar-refractivity contribution in [2.75, 3.05) is 0 Å². The summed E-state index contributed by atoms with van der Waals surface area (Å²) in [6, 6.07) is 15.4. The zero-order valence-electron chi connectivity index (χ0n) is 13.6. The molecule has 0 saturated carbocycles. The lowest BCUT2D eigenvalue weighted by Crippen LogP contribution is -2.37.